The van der Waals surface area contributed by atoms with Crippen LogP contribution in [0.15, 0.2) is 6.33 Å². The van der Waals surface area contributed by atoms with Crippen LogP contribution in [-0.4, -0.2) is 63.6 Å². The number of nitrogens with zero attached hydrogens (tertiary/aromatic N) is 4. The number of hydrogen-bond donors (Lipinski definition) is 1. The molecule has 2 N–H and O–H groups in total. The Balaban J connectivity index is 2.19. The van der Waals surface area contributed by atoms with E-state index in [4.69, 9.17) is 15.2 Å². The predicted molar refractivity (Wildman–Crippen MR) is 88.5 cm³/mol. The number of anilines is 3. The van der Waals surface area contributed by atoms with Crippen LogP contribution in [-0.2, 0) is 9.47 Å². The Morgan fingerprint density at radius 1 is 1.09 bits per heavy atom. The van der Waals surface area contributed by atoms with E-state index in [9.17, 15) is 0 Å². The Hall–Kier alpha value is -1.60. The van der Waals surface area contributed by atoms with Crippen molar-refractivity contribution in [2.75, 3.05) is 69.1 Å². The van der Waals surface area contributed by atoms with Crippen LogP contribution in [0.2, 0.25) is 0 Å². The second kappa shape index (κ2) is 8.75. The molecule has 1 aliphatic heterocycles. The van der Waals surface area contributed by atoms with Gasteiger partial charge in [-0.3, -0.25) is 0 Å². The lowest BCUT2D eigenvalue weighted by Crippen LogP contribution is -2.34. The molecule has 0 radical (unpaired) electrons. The predicted octanol–water partition coefficient (Wildman–Crippen LogP) is 1.15. The highest BCUT2D eigenvalue weighted by Gasteiger charge is 2.20. The van der Waals surface area contributed by atoms with Crippen LogP contribution in [0.25, 0.3) is 0 Å². The minimum Gasteiger partial charge on any atom is -0.393 e. The van der Waals surface area contributed by atoms with Gasteiger partial charge in [0, 0.05) is 40.4 Å². The van der Waals surface area contributed by atoms with Gasteiger partial charge in [0.15, 0.2) is 11.6 Å². The smallest absolute Gasteiger partial charge is 0.157 e. The Morgan fingerprint density at radius 2 is 1.73 bits per heavy atom. The summed E-state index contributed by atoms with van der Waals surface area (Å²) in [5.41, 5.74) is 7.02. The van der Waals surface area contributed by atoms with E-state index in [1.54, 1.807) is 20.5 Å². The van der Waals surface area contributed by atoms with Crippen molar-refractivity contribution in [1.29, 1.82) is 0 Å². The first-order valence-electron chi connectivity index (χ1n) is 7.86. The van der Waals surface area contributed by atoms with Crippen molar-refractivity contribution < 1.29 is 9.47 Å². The molecule has 1 fully saturated rings. The maximum Gasteiger partial charge on any atom is 0.157 e. The van der Waals surface area contributed by atoms with Crippen molar-refractivity contribution in [1.82, 2.24) is 9.97 Å². The lowest BCUT2D eigenvalue weighted by atomic mass is 10.1. The third kappa shape index (κ3) is 4.20. The Labute approximate surface area is 132 Å². The zero-order valence-electron chi connectivity index (χ0n) is 13.6. The van der Waals surface area contributed by atoms with E-state index in [-0.39, 0.29) is 0 Å². The monoisotopic (exact) mass is 309 g/mol. The van der Waals surface area contributed by atoms with Crippen LogP contribution >= 0.6 is 0 Å². The average molecular weight is 309 g/mol. The summed E-state index contributed by atoms with van der Waals surface area (Å²) in [5.74, 6) is 1.62. The summed E-state index contributed by atoms with van der Waals surface area (Å²) in [6, 6.07) is 0. The van der Waals surface area contributed by atoms with Gasteiger partial charge in [0.2, 0.25) is 0 Å². The summed E-state index contributed by atoms with van der Waals surface area (Å²) in [6.07, 6.45) is 5.26. The summed E-state index contributed by atoms with van der Waals surface area (Å²) in [6.45, 7) is 4.70. The molecule has 0 aliphatic carbocycles. The molecule has 0 atom stereocenters. The zero-order valence-corrected chi connectivity index (χ0v) is 13.6. The molecular formula is C15H27N5O2. The number of nitrogens with two attached hydrogens (primary N) is 1. The maximum absolute atomic E-state index is 6.37. The lowest BCUT2D eigenvalue weighted by molar-refractivity contribution is 0.190. The highest BCUT2D eigenvalue weighted by molar-refractivity contribution is 5.75. The molecule has 7 nitrogen and oxygen atoms in total. The lowest BCUT2D eigenvalue weighted by Gasteiger charge is -2.31. The molecule has 0 amide bonds. The molecule has 7 heteroatoms. The second-order valence-corrected chi connectivity index (χ2v) is 5.45. The largest absolute Gasteiger partial charge is 0.393 e. The van der Waals surface area contributed by atoms with Gasteiger partial charge in [0.1, 0.15) is 12.0 Å². The highest BCUT2D eigenvalue weighted by atomic mass is 16.5. The van der Waals surface area contributed by atoms with Gasteiger partial charge in [0.25, 0.3) is 0 Å². The Morgan fingerprint density at radius 3 is 2.32 bits per heavy atom. The molecule has 0 aromatic carbocycles. The van der Waals surface area contributed by atoms with Crippen molar-refractivity contribution in [2.45, 2.75) is 19.3 Å². The highest BCUT2D eigenvalue weighted by Crippen LogP contribution is 2.30. The fourth-order valence-electron chi connectivity index (χ4n) is 2.71. The van der Waals surface area contributed by atoms with Crippen LogP contribution in [0.3, 0.4) is 0 Å². The normalized spacial score (nSPS) is 15.1. The van der Waals surface area contributed by atoms with E-state index in [2.05, 4.69) is 19.8 Å². The van der Waals surface area contributed by atoms with Crippen LogP contribution in [0.4, 0.5) is 17.3 Å². The summed E-state index contributed by atoms with van der Waals surface area (Å²) >= 11 is 0. The summed E-state index contributed by atoms with van der Waals surface area (Å²) in [7, 11) is 3.38. The van der Waals surface area contributed by atoms with E-state index in [0.717, 1.165) is 37.8 Å². The number of aromatic nitrogens is 2. The standard InChI is InChI=1S/C15H27N5O2/c1-21-10-8-20(9-11-22-2)15-13(16)14(17-12-18-15)19-6-4-3-5-7-19/h12H,3-11,16H2,1-2H3. The number of piperidine rings is 1. The number of nitrogen functional groups attached to an aromatic ring is 1. The molecular weight excluding hydrogens is 282 g/mol. The number of hydrogen-bond acceptors (Lipinski definition) is 7. The average Bonchev–Trinajstić information content (AvgIpc) is 2.56. The molecule has 2 heterocycles. The van der Waals surface area contributed by atoms with E-state index in [0.29, 0.717) is 18.9 Å². The van der Waals surface area contributed by atoms with Gasteiger partial charge in [0.05, 0.1) is 13.2 Å². The topological polar surface area (TPSA) is 76.7 Å². The third-order valence-electron chi connectivity index (χ3n) is 3.93. The molecule has 1 aromatic rings. The van der Waals surface area contributed by atoms with Gasteiger partial charge in [-0.15, -0.1) is 0 Å². The van der Waals surface area contributed by atoms with Gasteiger partial charge < -0.3 is 25.0 Å². The third-order valence-corrected chi connectivity index (χ3v) is 3.93. The van der Waals surface area contributed by atoms with Crippen molar-refractivity contribution in [3.8, 4) is 0 Å². The van der Waals surface area contributed by atoms with Crippen LogP contribution < -0.4 is 15.5 Å². The van der Waals surface area contributed by atoms with E-state index >= 15 is 0 Å². The molecule has 0 unspecified atom stereocenters. The molecule has 1 aliphatic rings. The summed E-state index contributed by atoms with van der Waals surface area (Å²) in [5, 5.41) is 0. The summed E-state index contributed by atoms with van der Waals surface area (Å²) in [4.78, 5) is 13.2. The maximum atomic E-state index is 6.37. The molecule has 0 bridgehead atoms. The first kappa shape index (κ1) is 16.8. The SMILES string of the molecule is COCCN(CCOC)c1ncnc(N2CCCCC2)c1N. The van der Waals surface area contributed by atoms with Gasteiger partial charge in [-0.25, -0.2) is 9.97 Å². The zero-order chi connectivity index (χ0) is 15.8. The first-order chi connectivity index (χ1) is 10.8. The fraction of sp³-hybridized carbons (Fsp3) is 0.733. The number of methoxy groups -OCH3 is 2. The van der Waals surface area contributed by atoms with E-state index in [1.165, 1.54) is 19.3 Å². The Bertz CT molecular complexity index is 444. The quantitative estimate of drug-likeness (QED) is 0.772. The van der Waals surface area contributed by atoms with Gasteiger partial charge in [-0.05, 0) is 19.3 Å². The molecule has 22 heavy (non-hydrogen) atoms. The first-order valence-corrected chi connectivity index (χ1v) is 7.86. The van der Waals surface area contributed by atoms with Crippen molar-refractivity contribution in [3.05, 3.63) is 6.33 Å². The fourth-order valence-corrected chi connectivity index (χ4v) is 2.71. The van der Waals surface area contributed by atoms with Crippen LogP contribution in [0.1, 0.15) is 19.3 Å². The molecule has 124 valence electrons. The number of rotatable bonds is 8. The second-order valence-electron chi connectivity index (χ2n) is 5.45. The van der Waals surface area contributed by atoms with Crippen molar-refractivity contribution in [3.63, 3.8) is 0 Å². The molecule has 0 spiro atoms. The minimum atomic E-state index is 0.617. The number of ether oxygens (including phenoxy) is 2. The Kier molecular flexibility index (Phi) is 6.67. The molecule has 1 aromatic heterocycles. The minimum absolute atomic E-state index is 0.617. The van der Waals surface area contributed by atoms with Crippen LogP contribution in [0, 0.1) is 0 Å². The molecule has 2 rings (SSSR count). The van der Waals surface area contributed by atoms with Gasteiger partial charge >= 0.3 is 0 Å². The van der Waals surface area contributed by atoms with Crippen LogP contribution in [0.5, 0.6) is 0 Å². The van der Waals surface area contributed by atoms with Gasteiger partial charge in [-0.1, -0.05) is 0 Å². The van der Waals surface area contributed by atoms with E-state index < -0.39 is 0 Å². The molecule has 0 saturated carbocycles. The molecule has 1 saturated heterocycles. The van der Waals surface area contributed by atoms with Crippen molar-refractivity contribution >= 4 is 17.3 Å². The van der Waals surface area contributed by atoms with Crippen molar-refractivity contribution in [2.24, 2.45) is 0 Å². The summed E-state index contributed by atoms with van der Waals surface area (Å²) < 4.78 is 10.4. The van der Waals surface area contributed by atoms with E-state index in [1.807, 2.05) is 0 Å². The van der Waals surface area contributed by atoms with Gasteiger partial charge in [-0.2, -0.15) is 0 Å².